The molecule has 1 atom stereocenters. The largest absolute Gasteiger partial charge is 0.384 e. The molecule has 0 aliphatic rings. The fourth-order valence-corrected chi connectivity index (χ4v) is 1.49. The van der Waals surface area contributed by atoms with Gasteiger partial charge in [-0.1, -0.05) is 30.7 Å². The van der Waals surface area contributed by atoms with Gasteiger partial charge in [0.2, 0.25) is 0 Å². The molecule has 16 heavy (non-hydrogen) atoms. The molecule has 0 saturated carbocycles. The topological polar surface area (TPSA) is 20.2 Å². The summed E-state index contributed by atoms with van der Waals surface area (Å²) < 4.78 is 27.4. The van der Waals surface area contributed by atoms with Crippen LogP contribution in [0.3, 0.4) is 0 Å². The van der Waals surface area contributed by atoms with E-state index < -0.39 is 17.9 Å². The Morgan fingerprint density at radius 1 is 1.44 bits per heavy atom. The molecule has 1 radical (unpaired) electrons. The lowest BCUT2D eigenvalue weighted by molar-refractivity contribution is -0.168. The molecular formula is C12H14ClF2O. The Morgan fingerprint density at radius 3 is 2.56 bits per heavy atom. The third kappa shape index (κ3) is 2.92. The van der Waals surface area contributed by atoms with Gasteiger partial charge in [0.15, 0.2) is 0 Å². The molecule has 0 spiro atoms. The highest BCUT2D eigenvalue weighted by atomic mass is 35.5. The summed E-state index contributed by atoms with van der Waals surface area (Å²) in [5.41, 5.74) is -1.71. The van der Waals surface area contributed by atoms with Crippen molar-refractivity contribution in [3.05, 3.63) is 41.8 Å². The summed E-state index contributed by atoms with van der Waals surface area (Å²) in [6.07, 6.45) is -0.795. The lowest BCUT2D eigenvalue weighted by atomic mass is 9.90. The van der Waals surface area contributed by atoms with Crippen LogP contribution in [-0.2, 0) is 6.42 Å². The minimum atomic E-state index is -3.22. The van der Waals surface area contributed by atoms with Crippen molar-refractivity contribution in [1.29, 1.82) is 0 Å². The SMILES string of the molecule is [CH2]CC(C)(O)C(F)(F)Cc1cccc(Cl)c1. The molecule has 0 fully saturated rings. The molecule has 0 heterocycles. The van der Waals surface area contributed by atoms with Crippen molar-refractivity contribution in [2.75, 3.05) is 0 Å². The predicted octanol–water partition coefficient (Wildman–Crippen LogP) is 3.49. The van der Waals surface area contributed by atoms with Gasteiger partial charge in [0.05, 0.1) is 0 Å². The highest BCUT2D eigenvalue weighted by Gasteiger charge is 2.47. The van der Waals surface area contributed by atoms with E-state index in [1.807, 2.05) is 0 Å². The summed E-state index contributed by atoms with van der Waals surface area (Å²) in [7, 11) is 0. The Kier molecular flexibility index (Phi) is 3.92. The van der Waals surface area contributed by atoms with Gasteiger partial charge in [-0.05, 0) is 31.0 Å². The molecule has 1 aromatic rings. The van der Waals surface area contributed by atoms with Gasteiger partial charge >= 0.3 is 0 Å². The van der Waals surface area contributed by atoms with E-state index in [2.05, 4.69) is 6.92 Å². The Balaban J connectivity index is 2.88. The molecule has 1 N–H and O–H groups in total. The molecule has 1 nitrogen and oxygen atoms in total. The Bertz CT molecular complexity index is 364. The average Bonchev–Trinajstić information content (AvgIpc) is 2.16. The molecule has 1 aromatic carbocycles. The summed E-state index contributed by atoms with van der Waals surface area (Å²) in [4.78, 5) is 0. The van der Waals surface area contributed by atoms with E-state index in [-0.39, 0.29) is 6.42 Å². The van der Waals surface area contributed by atoms with E-state index >= 15 is 0 Å². The van der Waals surface area contributed by atoms with Gasteiger partial charge in [-0.3, -0.25) is 0 Å². The number of benzene rings is 1. The third-order valence-corrected chi connectivity index (χ3v) is 2.83. The van der Waals surface area contributed by atoms with Crippen LogP contribution >= 0.6 is 11.6 Å². The molecule has 0 amide bonds. The maximum atomic E-state index is 13.7. The first-order valence-corrected chi connectivity index (χ1v) is 5.30. The van der Waals surface area contributed by atoms with Crippen molar-refractivity contribution in [1.82, 2.24) is 0 Å². The van der Waals surface area contributed by atoms with Crippen LogP contribution in [0.1, 0.15) is 18.9 Å². The third-order valence-electron chi connectivity index (χ3n) is 2.59. The van der Waals surface area contributed by atoms with Crippen LogP contribution in [0, 0.1) is 6.92 Å². The number of alkyl halides is 2. The second-order valence-corrected chi connectivity index (χ2v) is 4.47. The number of halogens is 3. The van der Waals surface area contributed by atoms with Crippen molar-refractivity contribution >= 4 is 11.6 Å². The van der Waals surface area contributed by atoms with Gasteiger partial charge in [0, 0.05) is 11.4 Å². The standard InChI is InChI=1S/C12H14ClF2O/c1-3-11(2,16)12(14,15)8-9-5-4-6-10(13)7-9/h4-7,16H,1,3,8H2,2H3. The summed E-state index contributed by atoms with van der Waals surface area (Å²) in [5, 5.41) is 9.94. The highest BCUT2D eigenvalue weighted by Crippen LogP contribution is 2.34. The fraction of sp³-hybridized carbons (Fsp3) is 0.417. The maximum absolute atomic E-state index is 13.7. The summed E-state index contributed by atoms with van der Waals surface area (Å²) in [6, 6.07) is 6.24. The van der Waals surface area contributed by atoms with Gasteiger partial charge in [-0.15, -0.1) is 0 Å². The van der Waals surface area contributed by atoms with E-state index in [4.69, 9.17) is 11.6 Å². The number of rotatable bonds is 4. The van der Waals surface area contributed by atoms with E-state index in [0.717, 1.165) is 6.92 Å². The first kappa shape index (κ1) is 13.4. The Labute approximate surface area is 99.0 Å². The summed E-state index contributed by atoms with van der Waals surface area (Å²) in [5.74, 6) is -3.22. The minimum Gasteiger partial charge on any atom is -0.384 e. The van der Waals surface area contributed by atoms with Gasteiger partial charge < -0.3 is 5.11 Å². The second-order valence-electron chi connectivity index (χ2n) is 4.04. The van der Waals surface area contributed by atoms with Crippen LogP contribution in [-0.4, -0.2) is 16.6 Å². The summed E-state index contributed by atoms with van der Waals surface area (Å²) >= 11 is 5.70. The van der Waals surface area contributed by atoms with Gasteiger partial charge in [-0.25, -0.2) is 8.78 Å². The van der Waals surface area contributed by atoms with Crippen molar-refractivity contribution in [3.8, 4) is 0 Å². The predicted molar refractivity (Wildman–Crippen MR) is 60.7 cm³/mol. The molecule has 0 aromatic heterocycles. The Morgan fingerprint density at radius 2 is 2.06 bits per heavy atom. The zero-order chi connectivity index (χ0) is 12.4. The normalized spacial score (nSPS) is 15.9. The lowest BCUT2D eigenvalue weighted by Gasteiger charge is -2.31. The van der Waals surface area contributed by atoms with Gasteiger partial charge in [0.25, 0.3) is 5.92 Å². The quantitative estimate of drug-likeness (QED) is 0.864. The van der Waals surface area contributed by atoms with Crippen LogP contribution in [0.2, 0.25) is 5.02 Å². The molecule has 89 valence electrons. The Hall–Kier alpha value is -0.670. The number of aliphatic hydroxyl groups is 1. The van der Waals surface area contributed by atoms with Crippen molar-refractivity contribution in [3.63, 3.8) is 0 Å². The monoisotopic (exact) mass is 247 g/mol. The molecule has 0 aliphatic carbocycles. The van der Waals surface area contributed by atoms with Crippen LogP contribution in [0.4, 0.5) is 8.78 Å². The van der Waals surface area contributed by atoms with E-state index in [9.17, 15) is 13.9 Å². The zero-order valence-electron chi connectivity index (χ0n) is 9.01. The van der Waals surface area contributed by atoms with E-state index in [1.165, 1.54) is 6.07 Å². The molecule has 0 saturated heterocycles. The zero-order valence-corrected chi connectivity index (χ0v) is 9.77. The molecule has 1 rings (SSSR count). The van der Waals surface area contributed by atoms with E-state index in [1.54, 1.807) is 18.2 Å². The first-order valence-electron chi connectivity index (χ1n) is 4.92. The van der Waals surface area contributed by atoms with Gasteiger partial charge in [-0.2, -0.15) is 0 Å². The fourth-order valence-electron chi connectivity index (χ4n) is 1.28. The maximum Gasteiger partial charge on any atom is 0.279 e. The molecule has 0 aliphatic heterocycles. The van der Waals surface area contributed by atoms with Crippen LogP contribution in [0.5, 0.6) is 0 Å². The van der Waals surface area contributed by atoms with Crippen LogP contribution < -0.4 is 0 Å². The smallest absolute Gasteiger partial charge is 0.279 e. The lowest BCUT2D eigenvalue weighted by Crippen LogP contribution is -2.46. The van der Waals surface area contributed by atoms with Crippen molar-refractivity contribution in [2.45, 2.75) is 31.3 Å². The average molecular weight is 248 g/mol. The molecule has 0 bridgehead atoms. The molecule has 4 heteroatoms. The summed E-state index contributed by atoms with van der Waals surface area (Å²) in [6.45, 7) is 4.41. The van der Waals surface area contributed by atoms with Gasteiger partial charge in [0.1, 0.15) is 5.60 Å². The van der Waals surface area contributed by atoms with Crippen molar-refractivity contribution in [2.24, 2.45) is 0 Å². The highest BCUT2D eigenvalue weighted by molar-refractivity contribution is 6.30. The second kappa shape index (κ2) is 4.68. The number of hydrogen-bond acceptors (Lipinski definition) is 1. The van der Waals surface area contributed by atoms with Crippen LogP contribution in [0.25, 0.3) is 0 Å². The molecular weight excluding hydrogens is 234 g/mol. The van der Waals surface area contributed by atoms with E-state index in [0.29, 0.717) is 10.6 Å². The molecule has 1 unspecified atom stereocenters. The number of hydrogen-bond donors (Lipinski definition) is 1. The first-order chi connectivity index (χ1) is 7.28. The minimum absolute atomic E-state index is 0.249. The van der Waals surface area contributed by atoms with Crippen molar-refractivity contribution < 1.29 is 13.9 Å². The van der Waals surface area contributed by atoms with Crippen LogP contribution in [0.15, 0.2) is 24.3 Å².